The molecule has 1 aromatic carbocycles. The topological polar surface area (TPSA) is 28.2 Å². The molecule has 1 atom stereocenters. The number of nitrogens with zero attached hydrogens (tertiary/aromatic N) is 2. The molecule has 0 radical (unpaired) electrons. The molecule has 3 nitrogen and oxygen atoms in total. The summed E-state index contributed by atoms with van der Waals surface area (Å²) < 4.78 is 0. The Morgan fingerprint density at radius 1 is 1.25 bits per heavy atom. The lowest BCUT2D eigenvalue weighted by molar-refractivity contribution is 0.637. The minimum atomic E-state index is 0.510. The number of aromatic nitrogens is 1. The molecule has 4 heteroatoms. The Kier molecular flexibility index (Phi) is 3.20. The van der Waals surface area contributed by atoms with Crippen LogP contribution in [0.3, 0.4) is 0 Å². The Bertz CT molecular complexity index is 587. The summed E-state index contributed by atoms with van der Waals surface area (Å²) in [6, 6.07) is 11.2. The Morgan fingerprint density at radius 2 is 2.15 bits per heavy atom. The van der Waals surface area contributed by atoms with Crippen LogP contribution in [-0.4, -0.2) is 18.1 Å². The van der Waals surface area contributed by atoms with Crippen LogP contribution in [0.2, 0.25) is 0 Å². The van der Waals surface area contributed by atoms with E-state index in [9.17, 15) is 0 Å². The smallest absolute Gasteiger partial charge is 0.110 e. The molecular formula is C16H19N3S. The van der Waals surface area contributed by atoms with Crippen molar-refractivity contribution in [2.24, 2.45) is 0 Å². The molecule has 1 saturated heterocycles. The molecule has 1 aromatic heterocycles. The van der Waals surface area contributed by atoms with Crippen LogP contribution in [0.5, 0.6) is 0 Å². The lowest BCUT2D eigenvalue weighted by Crippen LogP contribution is -2.29. The maximum absolute atomic E-state index is 4.89. The average molecular weight is 285 g/mol. The Hall–Kier alpha value is -1.39. The van der Waals surface area contributed by atoms with Crippen LogP contribution in [-0.2, 0) is 13.0 Å². The number of hydrogen-bond acceptors (Lipinski definition) is 4. The van der Waals surface area contributed by atoms with Gasteiger partial charge in [0.05, 0.1) is 18.3 Å². The normalized spacial score (nSPS) is 22.0. The molecule has 0 aliphatic carbocycles. The minimum absolute atomic E-state index is 0.510. The number of anilines is 1. The van der Waals surface area contributed by atoms with Gasteiger partial charge in [0.15, 0.2) is 0 Å². The highest BCUT2D eigenvalue weighted by atomic mass is 32.1. The van der Waals surface area contributed by atoms with Crippen LogP contribution in [0.4, 0.5) is 5.69 Å². The molecule has 2 aliphatic rings. The van der Waals surface area contributed by atoms with Gasteiger partial charge in [-0.15, -0.1) is 11.3 Å². The van der Waals surface area contributed by atoms with Crippen LogP contribution >= 0.6 is 11.3 Å². The van der Waals surface area contributed by atoms with Crippen molar-refractivity contribution < 1.29 is 0 Å². The monoisotopic (exact) mass is 285 g/mol. The summed E-state index contributed by atoms with van der Waals surface area (Å²) in [7, 11) is 0. The fourth-order valence-corrected chi connectivity index (χ4v) is 4.36. The number of nitrogens with one attached hydrogen (secondary N) is 1. The standard InChI is InChI=1S/C16H19N3S/c1-2-5-12(6-3-1)19-10-8-13-15(11-19)20-16(18-13)14-7-4-9-17-14/h1-3,5-6,14,17H,4,7-11H2. The summed E-state index contributed by atoms with van der Waals surface area (Å²) in [5.74, 6) is 0. The van der Waals surface area contributed by atoms with Gasteiger partial charge >= 0.3 is 0 Å². The van der Waals surface area contributed by atoms with Gasteiger partial charge in [-0.3, -0.25) is 0 Å². The number of thiazole rings is 1. The summed E-state index contributed by atoms with van der Waals surface area (Å²) in [4.78, 5) is 8.82. The van der Waals surface area contributed by atoms with Crippen molar-refractivity contribution in [2.75, 3.05) is 18.0 Å². The summed E-state index contributed by atoms with van der Waals surface area (Å²) >= 11 is 1.92. The van der Waals surface area contributed by atoms with E-state index in [-0.39, 0.29) is 0 Å². The largest absolute Gasteiger partial charge is 0.366 e. The van der Waals surface area contributed by atoms with Gasteiger partial charge in [-0.05, 0) is 31.5 Å². The zero-order valence-electron chi connectivity index (χ0n) is 11.5. The first kappa shape index (κ1) is 12.4. The first-order valence-corrected chi connectivity index (χ1v) is 8.23. The summed E-state index contributed by atoms with van der Waals surface area (Å²) in [5.41, 5.74) is 2.66. The summed E-state index contributed by atoms with van der Waals surface area (Å²) in [6.07, 6.45) is 3.60. The number of fused-ring (bicyclic) bond motifs is 1. The van der Waals surface area contributed by atoms with Crippen molar-refractivity contribution >= 4 is 17.0 Å². The Morgan fingerprint density at radius 3 is 2.95 bits per heavy atom. The lowest BCUT2D eigenvalue weighted by atomic mass is 10.1. The summed E-state index contributed by atoms with van der Waals surface area (Å²) in [5, 5.41) is 4.87. The van der Waals surface area contributed by atoms with E-state index in [4.69, 9.17) is 4.98 Å². The van der Waals surface area contributed by atoms with E-state index >= 15 is 0 Å². The van der Waals surface area contributed by atoms with E-state index in [1.54, 1.807) is 0 Å². The van der Waals surface area contributed by atoms with Gasteiger partial charge in [0.2, 0.25) is 0 Å². The maximum atomic E-state index is 4.89. The number of rotatable bonds is 2. The van der Waals surface area contributed by atoms with Crippen molar-refractivity contribution in [2.45, 2.75) is 31.8 Å². The van der Waals surface area contributed by atoms with E-state index in [2.05, 4.69) is 40.5 Å². The second kappa shape index (κ2) is 5.19. The zero-order chi connectivity index (χ0) is 13.4. The van der Waals surface area contributed by atoms with Crippen molar-refractivity contribution in [1.29, 1.82) is 0 Å². The van der Waals surface area contributed by atoms with Crippen molar-refractivity contribution in [3.63, 3.8) is 0 Å². The molecule has 1 fully saturated rings. The van der Waals surface area contributed by atoms with Crippen molar-refractivity contribution in [1.82, 2.24) is 10.3 Å². The molecule has 0 bridgehead atoms. The molecule has 3 heterocycles. The van der Waals surface area contributed by atoms with E-state index in [0.717, 1.165) is 26.1 Å². The molecule has 0 spiro atoms. The van der Waals surface area contributed by atoms with E-state index in [0.29, 0.717) is 6.04 Å². The molecule has 4 rings (SSSR count). The van der Waals surface area contributed by atoms with Crippen LogP contribution < -0.4 is 10.2 Å². The third kappa shape index (κ3) is 2.23. The van der Waals surface area contributed by atoms with E-state index < -0.39 is 0 Å². The predicted molar refractivity (Wildman–Crippen MR) is 83.3 cm³/mol. The highest BCUT2D eigenvalue weighted by molar-refractivity contribution is 7.11. The van der Waals surface area contributed by atoms with Gasteiger partial charge in [0.25, 0.3) is 0 Å². The zero-order valence-corrected chi connectivity index (χ0v) is 12.3. The predicted octanol–water partition coefficient (Wildman–Crippen LogP) is 3.13. The highest BCUT2D eigenvalue weighted by Crippen LogP contribution is 2.33. The fraction of sp³-hybridized carbons (Fsp3) is 0.438. The molecule has 1 unspecified atom stereocenters. The molecule has 0 saturated carbocycles. The van der Waals surface area contributed by atoms with E-state index in [1.807, 2.05) is 11.3 Å². The second-order valence-corrected chi connectivity index (χ2v) is 6.69. The fourth-order valence-electron chi connectivity index (χ4n) is 3.12. The Labute approximate surface area is 123 Å². The molecule has 1 N–H and O–H groups in total. The van der Waals surface area contributed by atoms with Gasteiger partial charge in [-0.1, -0.05) is 18.2 Å². The van der Waals surface area contributed by atoms with Crippen LogP contribution in [0.25, 0.3) is 0 Å². The first-order valence-electron chi connectivity index (χ1n) is 7.42. The molecule has 2 aliphatic heterocycles. The van der Waals surface area contributed by atoms with Gasteiger partial charge in [-0.2, -0.15) is 0 Å². The van der Waals surface area contributed by atoms with Crippen LogP contribution in [0.1, 0.15) is 34.5 Å². The maximum Gasteiger partial charge on any atom is 0.110 e. The van der Waals surface area contributed by atoms with Crippen LogP contribution in [0.15, 0.2) is 30.3 Å². The summed E-state index contributed by atoms with van der Waals surface area (Å²) in [6.45, 7) is 3.24. The number of para-hydroxylation sites is 1. The van der Waals surface area contributed by atoms with Gasteiger partial charge in [-0.25, -0.2) is 4.98 Å². The Balaban J connectivity index is 1.57. The van der Waals surface area contributed by atoms with Crippen LogP contribution in [0, 0.1) is 0 Å². The minimum Gasteiger partial charge on any atom is -0.366 e. The molecular weight excluding hydrogens is 266 g/mol. The van der Waals surface area contributed by atoms with Gasteiger partial charge in [0, 0.05) is 23.5 Å². The molecule has 0 amide bonds. The SMILES string of the molecule is c1ccc(N2CCc3nc(C4CCCN4)sc3C2)cc1. The molecule has 2 aromatic rings. The lowest BCUT2D eigenvalue weighted by Gasteiger charge is -2.28. The number of benzene rings is 1. The third-order valence-electron chi connectivity index (χ3n) is 4.23. The van der Waals surface area contributed by atoms with Gasteiger partial charge < -0.3 is 10.2 Å². The molecule has 104 valence electrons. The third-order valence-corrected chi connectivity index (χ3v) is 5.42. The first-order chi connectivity index (χ1) is 9.90. The van der Waals surface area contributed by atoms with Crippen molar-refractivity contribution in [3.8, 4) is 0 Å². The number of hydrogen-bond donors (Lipinski definition) is 1. The van der Waals surface area contributed by atoms with Crippen molar-refractivity contribution in [3.05, 3.63) is 45.9 Å². The highest BCUT2D eigenvalue weighted by Gasteiger charge is 2.25. The van der Waals surface area contributed by atoms with E-state index in [1.165, 1.54) is 34.1 Å². The quantitative estimate of drug-likeness (QED) is 0.919. The average Bonchev–Trinajstić information content (AvgIpc) is 3.16. The second-order valence-electron chi connectivity index (χ2n) is 5.58. The molecule has 20 heavy (non-hydrogen) atoms. The van der Waals surface area contributed by atoms with Gasteiger partial charge in [0.1, 0.15) is 5.01 Å².